The lowest BCUT2D eigenvalue weighted by molar-refractivity contribution is -0.143. The predicted molar refractivity (Wildman–Crippen MR) is 191 cm³/mol. The molecule has 0 unspecified atom stereocenters. The molecular weight excluding hydrogens is 650 g/mol. The Labute approximate surface area is 297 Å². The predicted octanol–water partition coefficient (Wildman–Crippen LogP) is 2.85. The summed E-state index contributed by atoms with van der Waals surface area (Å²) in [5.41, 5.74) is 9.21. The molecule has 0 heterocycles. The van der Waals surface area contributed by atoms with E-state index in [0.29, 0.717) is 12.0 Å². The third-order valence-electron chi connectivity index (χ3n) is 7.96. The smallest absolute Gasteiger partial charge is 0.408 e. The highest BCUT2D eigenvalue weighted by molar-refractivity contribution is 5.91. The van der Waals surface area contributed by atoms with E-state index >= 15 is 0 Å². The number of nitrogens with zero attached hydrogens (tertiary/aromatic N) is 1. The van der Waals surface area contributed by atoms with Crippen LogP contribution >= 0.6 is 0 Å². The number of alkyl carbamates (subject to hydrolysis) is 1. The Bertz CT molecular complexity index is 1710. The molecule has 0 spiro atoms. The first-order chi connectivity index (χ1) is 24.7. The van der Waals surface area contributed by atoms with Gasteiger partial charge in [-0.2, -0.15) is 0 Å². The number of amides is 4. The fraction of sp³-hybridized carbons (Fsp3) is 0.256. The van der Waals surface area contributed by atoms with Gasteiger partial charge in [-0.15, -0.1) is 0 Å². The summed E-state index contributed by atoms with van der Waals surface area (Å²) >= 11 is 0. The van der Waals surface area contributed by atoms with Gasteiger partial charge in [0.25, 0.3) is 0 Å². The average Bonchev–Trinajstić information content (AvgIpc) is 3.14. The largest absolute Gasteiger partial charge is 0.480 e. The van der Waals surface area contributed by atoms with Gasteiger partial charge >= 0.3 is 12.1 Å². The number of rotatable bonds is 18. The van der Waals surface area contributed by atoms with Crippen molar-refractivity contribution in [1.29, 1.82) is 0 Å². The molecule has 0 saturated heterocycles. The molecule has 0 saturated carbocycles. The van der Waals surface area contributed by atoms with E-state index in [1.54, 1.807) is 66.7 Å². The van der Waals surface area contributed by atoms with Gasteiger partial charge in [0, 0.05) is 25.9 Å². The number of hydrogen-bond acceptors (Lipinski definition) is 7. The van der Waals surface area contributed by atoms with Crippen molar-refractivity contribution in [1.82, 2.24) is 20.9 Å². The Morgan fingerprint density at radius 3 is 1.63 bits per heavy atom. The molecule has 0 aromatic heterocycles. The van der Waals surface area contributed by atoms with Crippen LogP contribution in [0.5, 0.6) is 0 Å². The van der Waals surface area contributed by atoms with Crippen molar-refractivity contribution in [2.75, 3.05) is 19.6 Å². The highest BCUT2D eigenvalue weighted by atomic mass is 16.5. The van der Waals surface area contributed by atoms with Gasteiger partial charge in [0.05, 0.1) is 12.6 Å². The number of aliphatic carboxylic acids is 1. The molecule has 51 heavy (non-hydrogen) atoms. The minimum atomic E-state index is -1.27. The summed E-state index contributed by atoms with van der Waals surface area (Å²) in [4.78, 5) is 66.6. The Hall–Kier alpha value is -6.01. The summed E-state index contributed by atoms with van der Waals surface area (Å²) in [5.74, 6) is -3.06. The molecule has 12 heteroatoms. The number of benzene rings is 4. The number of carbonyl (C=O) groups excluding carboxylic acids is 4. The first-order valence-corrected chi connectivity index (χ1v) is 16.6. The van der Waals surface area contributed by atoms with Crippen molar-refractivity contribution >= 4 is 29.8 Å². The molecule has 0 fully saturated rings. The number of carboxylic acids is 1. The first kappa shape index (κ1) is 37.8. The molecule has 4 amide bonds. The quantitative estimate of drug-likeness (QED) is 0.106. The second kappa shape index (κ2) is 19.9. The molecule has 0 aliphatic heterocycles. The van der Waals surface area contributed by atoms with Crippen molar-refractivity contribution in [3.8, 4) is 0 Å². The highest BCUT2D eigenvalue weighted by Crippen LogP contribution is 2.10. The topological polar surface area (TPSA) is 180 Å². The van der Waals surface area contributed by atoms with Crippen LogP contribution < -0.4 is 21.7 Å². The van der Waals surface area contributed by atoms with Crippen molar-refractivity contribution in [2.24, 2.45) is 5.73 Å². The number of carboxylic acid groups (broad SMARTS) is 1. The van der Waals surface area contributed by atoms with E-state index in [1.807, 2.05) is 54.6 Å². The third-order valence-corrected chi connectivity index (χ3v) is 7.96. The molecule has 6 N–H and O–H groups in total. The van der Waals surface area contributed by atoms with Crippen LogP contribution in [0.3, 0.4) is 0 Å². The van der Waals surface area contributed by atoms with Gasteiger partial charge in [0.2, 0.25) is 17.7 Å². The molecule has 0 aliphatic rings. The molecule has 4 aromatic carbocycles. The summed E-state index contributed by atoms with van der Waals surface area (Å²) in [6, 6.07) is 32.9. The molecule has 266 valence electrons. The summed E-state index contributed by atoms with van der Waals surface area (Å²) in [6.45, 7) is -0.782. The third kappa shape index (κ3) is 13.1. The Balaban J connectivity index is 1.49. The van der Waals surface area contributed by atoms with Gasteiger partial charge < -0.3 is 36.4 Å². The van der Waals surface area contributed by atoms with E-state index in [2.05, 4.69) is 16.0 Å². The van der Waals surface area contributed by atoms with Gasteiger partial charge in [-0.1, -0.05) is 121 Å². The maximum Gasteiger partial charge on any atom is 0.408 e. The van der Waals surface area contributed by atoms with Crippen molar-refractivity contribution in [2.45, 2.75) is 44.0 Å². The lowest BCUT2D eigenvalue weighted by atomic mass is 10.0. The SMILES string of the molecule is N[C@@H](Cc1ccccc1)C(=O)NCCN(CC(=O)N[C@@H](Cc1ccccc1)C(=O)O)C(=O)[C@H](Cc1ccccc1)NC(=O)OCc1ccccc1. The molecule has 0 bridgehead atoms. The van der Waals surface area contributed by atoms with E-state index in [0.717, 1.165) is 16.7 Å². The number of ether oxygens (including phenoxy) is 1. The molecular formula is C39H43N5O7. The lowest BCUT2D eigenvalue weighted by Crippen LogP contribution is -2.55. The van der Waals surface area contributed by atoms with Gasteiger partial charge in [0.1, 0.15) is 18.7 Å². The molecule has 4 aromatic rings. The van der Waals surface area contributed by atoms with Gasteiger partial charge in [-0.05, 0) is 28.7 Å². The fourth-order valence-corrected chi connectivity index (χ4v) is 5.31. The normalized spacial score (nSPS) is 12.4. The van der Waals surface area contributed by atoms with Crippen molar-refractivity contribution < 1.29 is 33.8 Å². The lowest BCUT2D eigenvalue weighted by Gasteiger charge is -2.28. The van der Waals surface area contributed by atoms with Gasteiger partial charge in [-0.3, -0.25) is 14.4 Å². The van der Waals surface area contributed by atoms with Crippen LogP contribution in [0.25, 0.3) is 0 Å². The molecule has 12 nitrogen and oxygen atoms in total. The average molecular weight is 694 g/mol. The fourth-order valence-electron chi connectivity index (χ4n) is 5.31. The zero-order chi connectivity index (χ0) is 36.4. The molecule has 0 radical (unpaired) electrons. The minimum absolute atomic E-state index is 0.0245. The monoisotopic (exact) mass is 693 g/mol. The van der Waals surface area contributed by atoms with Gasteiger partial charge in [-0.25, -0.2) is 9.59 Å². The second-order valence-electron chi connectivity index (χ2n) is 11.9. The Morgan fingerprint density at radius 2 is 1.12 bits per heavy atom. The van der Waals surface area contributed by atoms with Crippen LogP contribution in [0.15, 0.2) is 121 Å². The first-order valence-electron chi connectivity index (χ1n) is 16.6. The number of carbonyl (C=O) groups is 5. The number of nitrogens with one attached hydrogen (secondary N) is 3. The van der Waals surface area contributed by atoms with E-state index < -0.39 is 54.5 Å². The molecule has 4 rings (SSSR count). The van der Waals surface area contributed by atoms with Crippen LogP contribution in [-0.2, 0) is 49.8 Å². The zero-order valence-electron chi connectivity index (χ0n) is 28.2. The number of nitrogens with two attached hydrogens (primary N) is 1. The second-order valence-corrected chi connectivity index (χ2v) is 11.9. The minimum Gasteiger partial charge on any atom is -0.480 e. The van der Waals surface area contributed by atoms with Gasteiger partial charge in [0.15, 0.2) is 0 Å². The maximum atomic E-state index is 14.2. The molecule has 0 aliphatic carbocycles. The maximum absolute atomic E-state index is 14.2. The van der Waals surface area contributed by atoms with Crippen LogP contribution in [-0.4, -0.2) is 77.6 Å². The summed E-state index contributed by atoms with van der Waals surface area (Å²) < 4.78 is 5.39. The zero-order valence-corrected chi connectivity index (χ0v) is 28.2. The van der Waals surface area contributed by atoms with E-state index in [1.165, 1.54) is 4.90 Å². The Morgan fingerprint density at radius 1 is 0.647 bits per heavy atom. The van der Waals surface area contributed by atoms with Crippen molar-refractivity contribution in [3.63, 3.8) is 0 Å². The summed E-state index contributed by atoms with van der Waals surface area (Å²) in [6.07, 6.45) is -0.453. The van der Waals surface area contributed by atoms with Crippen LogP contribution in [0, 0.1) is 0 Å². The van der Waals surface area contributed by atoms with E-state index in [9.17, 15) is 29.1 Å². The summed E-state index contributed by atoms with van der Waals surface area (Å²) in [5, 5.41) is 17.7. The summed E-state index contributed by atoms with van der Waals surface area (Å²) in [7, 11) is 0. The van der Waals surface area contributed by atoms with Crippen LogP contribution in [0.2, 0.25) is 0 Å². The van der Waals surface area contributed by atoms with Crippen molar-refractivity contribution in [3.05, 3.63) is 144 Å². The standard InChI is InChI=1S/C39H43N5O7/c40-32(23-28-13-5-1-6-14-28)36(46)41-21-22-44(26-35(45)42-34(38(48)49)25-30-17-9-3-10-18-30)37(47)33(24-29-15-7-2-8-16-29)43-39(50)51-27-31-19-11-4-12-20-31/h1-20,32-34H,21-27,40H2,(H,41,46)(H,42,45)(H,43,50)(H,48,49)/t32-,33-,34-/m0/s1. The van der Waals surface area contributed by atoms with E-state index in [4.69, 9.17) is 10.5 Å². The van der Waals surface area contributed by atoms with E-state index in [-0.39, 0.29) is 32.5 Å². The van der Waals surface area contributed by atoms with Crippen LogP contribution in [0.4, 0.5) is 4.79 Å². The Kier molecular flexibility index (Phi) is 14.7. The number of hydrogen-bond donors (Lipinski definition) is 5. The molecule has 3 atom stereocenters. The van der Waals surface area contributed by atoms with Crippen LogP contribution in [0.1, 0.15) is 22.3 Å². The highest BCUT2D eigenvalue weighted by Gasteiger charge is 2.30.